The molecule has 9 aliphatic rings. The van der Waals surface area contributed by atoms with E-state index in [1.54, 1.807) is 0 Å². The van der Waals surface area contributed by atoms with Crippen LogP contribution in [0.3, 0.4) is 0 Å². The molecule has 5 aliphatic heterocycles. The highest BCUT2D eigenvalue weighted by Gasteiger charge is 2.68. The fourth-order valence-corrected chi connectivity index (χ4v) is 14.8. The number of aliphatic hydroxyl groups excluding tert-OH is 13. The van der Waals surface area contributed by atoms with Crippen molar-refractivity contribution in [2.24, 2.45) is 46.3 Å². The Hall–Kier alpha value is -1.18. The minimum absolute atomic E-state index is 0.0712. The van der Waals surface area contributed by atoms with Gasteiger partial charge < -0.3 is 114 Å². The Morgan fingerprint density at radius 2 is 1.29 bits per heavy atom. The normalized spacial score (nSPS) is 55.5. The lowest BCUT2D eigenvalue weighted by atomic mass is 9.47. The summed E-state index contributed by atoms with van der Waals surface area (Å²) in [6, 6.07) is 0. The van der Waals surface area contributed by atoms with Crippen molar-refractivity contribution in [2.45, 2.75) is 233 Å². The number of aliphatic hydroxyl groups is 14. The van der Waals surface area contributed by atoms with E-state index in [-0.39, 0.29) is 41.3 Å². The van der Waals surface area contributed by atoms with Gasteiger partial charge in [0.25, 0.3) is 0 Å². The maximum Gasteiger partial charge on any atom is 0.189 e. The topological polar surface area (TPSA) is 366 Å². The first-order valence-electron chi connectivity index (χ1n) is 26.5. The summed E-state index contributed by atoms with van der Waals surface area (Å²) < 4.78 is 53.8. The molecule has 0 aromatic carbocycles. The second-order valence-corrected chi connectivity index (χ2v) is 23.5. The van der Waals surface area contributed by atoms with E-state index in [0.717, 1.165) is 32.1 Å². The van der Waals surface area contributed by atoms with E-state index in [2.05, 4.69) is 26.8 Å². The van der Waals surface area contributed by atoms with Crippen LogP contribution in [0.2, 0.25) is 0 Å². The Morgan fingerprint density at radius 3 is 1.99 bits per heavy atom. The standard InChI is InChI=1S/C50H82O23/c1-19(18-65-44-37(59)34(56)32(54)28(16-51)68-44)8-13-50(64)20(2)30-27(73-50)15-26-24-7-6-22-14-23(9-11-48(22,4)25(24)10-12-49(26,30)5)67-47-42(71-45-38(60)33(55)31(53)21(3)66-45)40(62)41(29(17-52)69-47)70-46-39(61)35(57)36(58)43(63)72-46/h6,19-21,23-47,51-64H,7-18H2,1-5H3/t19-,20+,21?,23?,24-,25+,26+,27?,28?,29?,30?,31+,32-,33?,34?,35?,36-,37?,38?,39?,40?,41-,42?,43?,44-,45+,46-,47-,48+,49+,50?/m1/s1. The number of rotatable bonds is 14. The highest BCUT2D eigenvalue weighted by molar-refractivity contribution is 5.26. The van der Waals surface area contributed by atoms with Crippen LogP contribution in [0.25, 0.3) is 0 Å². The Bertz CT molecular complexity index is 1900. The van der Waals surface area contributed by atoms with E-state index in [9.17, 15) is 71.5 Å². The molecule has 0 spiro atoms. The van der Waals surface area contributed by atoms with Crippen molar-refractivity contribution in [1.82, 2.24) is 0 Å². The van der Waals surface area contributed by atoms with Crippen LogP contribution in [0.4, 0.5) is 0 Å². The van der Waals surface area contributed by atoms with Crippen molar-refractivity contribution in [3.05, 3.63) is 11.6 Å². The highest BCUT2D eigenvalue weighted by atomic mass is 16.8. The minimum Gasteiger partial charge on any atom is -0.394 e. The monoisotopic (exact) mass is 1050 g/mol. The fourth-order valence-electron chi connectivity index (χ4n) is 14.8. The molecule has 16 unspecified atom stereocenters. The molecule has 3 saturated carbocycles. The molecule has 5 saturated heterocycles. The predicted octanol–water partition coefficient (Wildman–Crippen LogP) is -3.05. The number of ether oxygens (including phenoxy) is 9. The van der Waals surface area contributed by atoms with E-state index in [4.69, 9.17) is 42.6 Å². The van der Waals surface area contributed by atoms with Gasteiger partial charge in [0, 0.05) is 12.3 Å². The Kier molecular flexibility index (Phi) is 16.9. The molecular formula is C50H82O23. The molecule has 420 valence electrons. The number of allylic oxidation sites excluding steroid dienone is 1. The SMILES string of the molecule is CC1O[C@@H](OC2C(O)[C@H](O[C@@H]3OC(O)[C@H](O)C(O)C3O)C(CO)O[C@H]2OC2CC[C@@]3(C)C(=CC[C@@H]4[C@@H]3CC[C@]3(C)C5C(C[C@@H]43)OC(O)(CC[C@@H](C)CO[C@@H]3OC(CO)[C@@H](O)C(O)C3O)[C@H]5C)C2)C(O)C(O)[C@H]1O. The van der Waals surface area contributed by atoms with E-state index < -0.39 is 148 Å². The zero-order valence-corrected chi connectivity index (χ0v) is 42.2. The predicted molar refractivity (Wildman–Crippen MR) is 245 cm³/mol. The van der Waals surface area contributed by atoms with Gasteiger partial charge in [0.05, 0.1) is 38.1 Å². The first kappa shape index (κ1) is 56.5. The van der Waals surface area contributed by atoms with E-state index in [1.165, 1.54) is 12.5 Å². The van der Waals surface area contributed by atoms with Crippen molar-refractivity contribution in [2.75, 3.05) is 19.8 Å². The zero-order chi connectivity index (χ0) is 52.8. The minimum atomic E-state index is -1.97. The van der Waals surface area contributed by atoms with Gasteiger partial charge in [-0.05, 0) is 98.7 Å². The smallest absolute Gasteiger partial charge is 0.189 e. The highest BCUT2D eigenvalue weighted by Crippen LogP contribution is 2.70. The van der Waals surface area contributed by atoms with E-state index in [1.807, 2.05) is 6.92 Å². The van der Waals surface area contributed by atoms with Crippen LogP contribution in [-0.4, -0.2) is 232 Å². The summed E-state index contributed by atoms with van der Waals surface area (Å²) in [6.07, 6.45) is -23.3. The molecule has 31 atom stereocenters. The van der Waals surface area contributed by atoms with Gasteiger partial charge in [-0.2, -0.15) is 0 Å². The van der Waals surface area contributed by atoms with Gasteiger partial charge in [-0.3, -0.25) is 0 Å². The fraction of sp³-hybridized carbons (Fsp3) is 0.960. The van der Waals surface area contributed by atoms with Gasteiger partial charge in [0.1, 0.15) is 85.5 Å². The largest absolute Gasteiger partial charge is 0.394 e. The molecule has 23 heteroatoms. The number of hydrogen-bond donors (Lipinski definition) is 14. The molecule has 4 aliphatic carbocycles. The molecule has 23 nitrogen and oxygen atoms in total. The van der Waals surface area contributed by atoms with Crippen molar-refractivity contribution in [1.29, 1.82) is 0 Å². The molecule has 9 rings (SSSR count). The Morgan fingerprint density at radius 1 is 0.658 bits per heavy atom. The zero-order valence-electron chi connectivity index (χ0n) is 42.2. The summed E-state index contributed by atoms with van der Waals surface area (Å²) in [4.78, 5) is 0. The van der Waals surface area contributed by atoms with Crippen molar-refractivity contribution in [3.8, 4) is 0 Å². The lowest BCUT2D eigenvalue weighted by Gasteiger charge is -2.58. The molecule has 14 N–H and O–H groups in total. The van der Waals surface area contributed by atoms with Crippen LogP contribution in [0.1, 0.15) is 92.4 Å². The summed E-state index contributed by atoms with van der Waals surface area (Å²) >= 11 is 0. The lowest BCUT2D eigenvalue weighted by molar-refractivity contribution is -0.397. The van der Waals surface area contributed by atoms with E-state index >= 15 is 0 Å². The molecule has 5 heterocycles. The quantitative estimate of drug-likeness (QED) is 0.0769. The summed E-state index contributed by atoms with van der Waals surface area (Å²) in [7, 11) is 0. The van der Waals surface area contributed by atoms with Gasteiger partial charge in [0.15, 0.2) is 37.2 Å². The molecule has 0 bridgehead atoms. The molecule has 8 fully saturated rings. The van der Waals surface area contributed by atoms with Crippen molar-refractivity contribution >= 4 is 0 Å². The van der Waals surface area contributed by atoms with Crippen LogP contribution in [0.15, 0.2) is 11.6 Å². The Labute approximate surface area is 424 Å². The molecule has 0 aromatic heterocycles. The van der Waals surface area contributed by atoms with E-state index in [0.29, 0.717) is 43.4 Å². The third-order valence-corrected chi connectivity index (χ3v) is 19.2. The molecule has 0 aromatic rings. The van der Waals surface area contributed by atoms with Crippen LogP contribution in [0, 0.1) is 46.3 Å². The third kappa shape index (κ3) is 10.1. The molecule has 0 amide bonds. The van der Waals surface area contributed by atoms with Gasteiger partial charge >= 0.3 is 0 Å². The Balaban J connectivity index is 0.846. The summed E-state index contributed by atoms with van der Waals surface area (Å²) in [6.45, 7) is 9.06. The van der Waals surface area contributed by atoms with Gasteiger partial charge in [-0.1, -0.05) is 39.3 Å². The maximum absolute atomic E-state index is 12.1. The second kappa shape index (κ2) is 21.8. The molecular weight excluding hydrogens is 969 g/mol. The van der Waals surface area contributed by atoms with Crippen LogP contribution in [-0.2, 0) is 42.6 Å². The first-order valence-corrected chi connectivity index (χ1v) is 26.5. The third-order valence-electron chi connectivity index (χ3n) is 19.2. The molecule has 0 radical (unpaired) electrons. The number of hydrogen-bond acceptors (Lipinski definition) is 23. The van der Waals surface area contributed by atoms with Crippen molar-refractivity contribution < 1.29 is 114 Å². The maximum atomic E-state index is 12.1. The van der Waals surface area contributed by atoms with Crippen LogP contribution in [0.5, 0.6) is 0 Å². The average Bonchev–Trinajstić information content (AvgIpc) is 3.80. The van der Waals surface area contributed by atoms with Crippen LogP contribution < -0.4 is 0 Å². The number of fused-ring (bicyclic) bond motifs is 7. The molecule has 73 heavy (non-hydrogen) atoms. The average molecular weight is 1050 g/mol. The van der Waals surface area contributed by atoms with Gasteiger partial charge in [-0.15, -0.1) is 0 Å². The van der Waals surface area contributed by atoms with Gasteiger partial charge in [0.2, 0.25) is 0 Å². The van der Waals surface area contributed by atoms with Crippen LogP contribution >= 0.6 is 0 Å². The summed E-state index contributed by atoms with van der Waals surface area (Å²) in [5, 5.41) is 148. The second-order valence-electron chi connectivity index (χ2n) is 23.5. The first-order chi connectivity index (χ1) is 34.5. The lowest BCUT2D eigenvalue weighted by Crippen LogP contribution is -2.66. The summed E-state index contributed by atoms with van der Waals surface area (Å²) in [5.74, 6) is -0.317. The van der Waals surface area contributed by atoms with Crippen molar-refractivity contribution in [3.63, 3.8) is 0 Å². The summed E-state index contributed by atoms with van der Waals surface area (Å²) in [5.41, 5.74) is 1.01. The van der Waals surface area contributed by atoms with Gasteiger partial charge in [-0.25, -0.2) is 0 Å².